The van der Waals surface area contributed by atoms with Gasteiger partial charge in [0.15, 0.2) is 0 Å². The zero-order valence-corrected chi connectivity index (χ0v) is 15.0. The number of carbonyl (C=O) groups excluding carboxylic acids is 2. The summed E-state index contributed by atoms with van der Waals surface area (Å²) in [4.78, 5) is 25.7. The number of hydrogen-bond acceptors (Lipinski definition) is 4. The van der Waals surface area contributed by atoms with Gasteiger partial charge in [-0.2, -0.15) is 0 Å². The Labute approximate surface area is 147 Å². The molecule has 0 unspecified atom stereocenters. The van der Waals surface area contributed by atoms with Crippen molar-refractivity contribution in [2.24, 2.45) is 5.92 Å². The average Bonchev–Trinajstić information content (AvgIpc) is 2.98. The number of hydrogen-bond donors (Lipinski definition) is 2. The van der Waals surface area contributed by atoms with Gasteiger partial charge in [-0.1, -0.05) is 19.0 Å². The Balaban J connectivity index is 1.89. The van der Waals surface area contributed by atoms with E-state index in [4.69, 9.17) is 4.52 Å². The van der Waals surface area contributed by atoms with Crippen molar-refractivity contribution in [3.05, 3.63) is 47.3 Å². The van der Waals surface area contributed by atoms with Gasteiger partial charge in [-0.3, -0.25) is 4.79 Å². The van der Waals surface area contributed by atoms with E-state index in [2.05, 4.69) is 15.8 Å². The SMILES string of the molecule is Cc1cc(CN(C)C(=O)Nc2ccc(C(=O)NCC(C)C)cc2)no1. The van der Waals surface area contributed by atoms with Crippen molar-refractivity contribution in [2.75, 3.05) is 18.9 Å². The van der Waals surface area contributed by atoms with Crippen LogP contribution in [0.15, 0.2) is 34.9 Å². The molecule has 0 aliphatic heterocycles. The largest absolute Gasteiger partial charge is 0.361 e. The molecule has 0 radical (unpaired) electrons. The maximum absolute atomic E-state index is 12.2. The fraction of sp³-hybridized carbons (Fsp3) is 0.389. The highest BCUT2D eigenvalue weighted by Crippen LogP contribution is 2.11. The lowest BCUT2D eigenvalue weighted by atomic mass is 10.1. The molecule has 7 nitrogen and oxygen atoms in total. The smallest absolute Gasteiger partial charge is 0.321 e. The Morgan fingerprint density at radius 2 is 1.92 bits per heavy atom. The molecule has 0 saturated heterocycles. The van der Waals surface area contributed by atoms with Crippen LogP contribution in [0.25, 0.3) is 0 Å². The highest BCUT2D eigenvalue weighted by Gasteiger charge is 2.12. The van der Waals surface area contributed by atoms with E-state index in [1.165, 1.54) is 4.90 Å². The number of benzene rings is 1. The molecule has 1 aromatic heterocycles. The van der Waals surface area contributed by atoms with Crippen LogP contribution in [0.2, 0.25) is 0 Å². The maximum atomic E-state index is 12.2. The summed E-state index contributed by atoms with van der Waals surface area (Å²) in [6, 6.07) is 8.30. The third-order valence-electron chi connectivity index (χ3n) is 3.49. The van der Waals surface area contributed by atoms with Crippen LogP contribution in [0.3, 0.4) is 0 Å². The van der Waals surface area contributed by atoms with Gasteiger partial charge in [0.05, 0.1) is 6.54 Å². The maximum Gasteiger partial charge on any atom is 0.321 e. The molecule has 2 aromatic rings. The molecule has 0 saturated carbocycles. The third kappa shape index (κ3) is 5.63. The van der Waals surface area contributed by atoms with Gasteiger partial charge in [-0.25, -0.2) is 4.79 Å². The summed E-state index contributed by atoms with van der Waals surface area (Å²) in [6.45, 7) is 6.85. The molecule has 2 rings (SSSR count). The number of amides is 3. The summed E-state index contributed by atoms with van der Waals surface area (Å²) in [5.41, 5.74) is 1.87. The molecule has 0 bridgehead atoms. The molecule has 2 N–H and O–H groups in total. The quantitative estimate of drug-likeness (QED) is 0.843. The molecular formula is C18H24N4O3. The van der Waals surface area contributed by atoms with Crippen LogP contribution in [0.5, 0.6) is 0 Å². The monoisotopic (exact) mass is 344 g/mol. The highest BCUT2D eigenvalue weighted by atomic mass is 16.5. The number of carbonyl (C=O) groups is 2. The minimum absolute atomic E-state index is 0.120. The fourth-order valence-corrected chi connectivity index (χ4v) is 2.13. The zero-order valence-electron chi connectivity index (χ0n) is 15.0. The van der Waals surface area contributed by atoms with E-state index in [-0.39, 0.29) is 11.9 Å². The first kappa shape index (κ1) is 18.5. The van der Waals surface area contributed by atoms with Gasteiger partial charge < -0.3 is 20.1 Å². The molecule has 0 fully saturated rings. The van der Waals surface area contributed by atoms with Gasteiger partial charge in [-0.05, 0) is 37.1 Å². The molecular weight excluding hydrogens is 320 g/mol. The number of rotatable bonds is 6. The number of nitrogens with one attached hydrogen (secondary N) is 2. The summed E-state index contributed by atoms with van der Waals surface area (Å²) in [7, 11) is 1.67. The van der Waals surface area contributed by atoms with Crippen molar-refractivity contribution in [3.63, 3.8) is 0 Å². The average molecular weight is 344 g/mol. The summed E-state index contributed by atoms with van der Waals surface area (Å²) >= 11 is 0. The Morgan fingerprint density at radius 3 is 2.48 bits per heavy atom. The molecule has 7 heteroatoms. The van der Waals surface area contributed by atoms with Gasteiger partial charge >= 0.3 is 6.03 Å². The standard InChI is InChI=1S/C18H24N4O3/c1-12(2)10-19-17(23)14-5-7-15(8-6-14)20-18(24)22(4)11-16-9-13(3)25-21-16/h5-9,12H,10-11H2,1-4H3,(H,19,23)(H,20,24). The number of anilines is 1. The second-order valence-corrected chi connectivity index (χ2v) is 6.40. The van der Waals surface area contributed by atoms with Gasteiger partial charge in [0.1, 0.15) is 11.5 Å². The van der Waals surface area contributed by atoms with E-state index in [1.54, 1.807) is 44.3 Å². The van der Waals surface area contributed by atoms with Crippen molar-refractivity contribution in [1.82, 2.24) is 15.4 Å². The van der Waals surface area contributed by atoms with E-state index in [0.29, 0.717) is 41.7 Å². The van der Waals surface area contributed by atoms with Crippen LogP contribution < -0.4 is 10.6 Å². The molecule has 0 aliphatic rings. The van der Waals surface area contributed by atoms with Crippen LogP contribution in [0.4, 0.5) is 10.5 Å². The number of urea groups is 1. The predicted octanol–water partition coefficient (Wildman–Crippen LogP) is 3.03. The van der Waals surface area contributed by atoms with Crippen LogP contribution in [-0.4, -0.2) is 35.6 Å². The molecule has 134 valence electrons. The Morgan fingerprint density at radius 1 is 1.24 bits per heavy atom. The van der Waals surface area contributed by atoms with Crippen LogP contribution in [0.1, 0.15) is 35.7 Å². The second-order valence-electron chi connectivity index (χ2n) is 6.40. The predicted molar refractivity (Wildman–Crippen MR) is 95.3 cm³/mol. The summed E-state index contributed by atoms with van der Waals surface area (Å²) in [5, 5.41) is 9.50. The van der Waals surface area contributed by atoms with E-state index >= 15 is 0 Å². The Hall–Kier alpha value is -2.83. The molecule has 0 aliphatic carbocycles. The fourth-order valence-electron chi connectivity index (χ4n) is 2.13. The number of nitrogens with zero attached hydrogens (tertiary/aromatic N) is 2. The lowest BCUT2D eigenvalue weighted by Crippen LogP contribution is -2.31. The minimum Gasteiger partial charge on any atom is -0.361 e. The van der Waals surface area contributed by atoms with Crippen molar-refractivity contribution in [2.45, 2.75) is 27.3 Å². The van der Waals surface area contributed by atoms with Gasteiger partial charge in [-0.15, -0.1) is 0 Å². The lowest BCUT2D eigenvalue weighted by molar-refractivity contribution is 0.0949. The normalized spacial score (nSPS) is 10.6. The topological polar surface area (TPSA) is 87.5 Å². The molecule has 0 spiro atoms. The Kier molecular flexibility index (Phi) is 6.16. The number of aryl methyl sites for hydroxylation is 1. The molecule has 1 aromatic carbocycles. The van der Waals surface area contributed by atoms with Gasteiger partial charge in [0.25, 0.3) is 5.91 Å². The highest BCUT2D eigenvalue weighted by molar-refractivity contribution is 5.95. The summed E-state index contributed by atoms with van der Waals surface area (Å²) in [5.74, 6) is 0.979. The zero-order chi connectivity index (χ0) is 18.4. The van der Waals surface area contributed by atoms with Crippen molar-refractivity contribution >= 4 is 17.6 Å². The third-order valence-corrected chi connectivity index (χ3v) is 3.49. The second kappa shape index (κ2) is 8.32. The molecule has 25 heavy (non-hydrogen) atoms. The van der Waals surface area contributed by atoms with E-state index in [1.807, 2.05) is 13.8 Å². The molecule has 0 atom stereocenters. The van der Waals surface area contributed by atoms with Crippen molar-refractivity contribution in [1.29, 1.82) is 0 Å². The summed E-state index contributed by atoms with van der Waals surface area (Å²) in [6.07, 6.45) is 0. The van der Waals surface area contributed by atoms with Crippen LogP contribution >= 0.6 is 0 Å². The van der Waals surface area contributed by atoms with E-state index in [0.717, 1.165) is 0 Å². The van der Waals surface area contributed by atoms with Crippen molar-refractivity contribution in [3.8, 4) is 0 Å². The Bertz CT molecular complexity index is 722. The van der Waals surface area contributed by atoms with E-state index < -0.39 is 0 Å². The minimum atomic E-state index is -0.266. The molecule has 1 heterocycles. The lowest BCUT2D eigenvalue weighted by Gasteiger charge is -2.16. The first-order chi connectivity index (χ1) is 11.8. The van der Waals surface area contributed by atoms with Crippen LogP contribution in [0, 0.1) is 12.8 Å². The van der Waals surface area contributed by atoms with Gasteiger partial charge in [0.2, 0.25) is 0 Å². The number of aromatic nitrogens is 1. The summed E-state index contributed by atoms with van der Waals surface area (Å²) < 4.78 is 4.99. The first-order valence-electron chi connectivity index (χ1n) is 8.17. The van der Waals surface area contributed by atoms with Gasteiger partial charge in [0, 0.05) is 30.9 Å². The van der Waals surface area contributed by atoms with E-state index in [9.17, 15) is 9.59 Å². The first-order valence-corrected chi connectivity index (χ1v) is 8.17. The van der Waals surface area contributed by atoms with Crippen LogP contribution in [-0.2, 0) is 6.54 Å². The molecule has 3 amide bonds. The van der Waals surface area contributed by atoms with Crippen molar-refractivity contribution < 1.29 is 14.1 Å².